The summed E-state index contributed by atoms with van der Waals surface area (Å²) in [7, 11) is 0. The van der Waals surface area contributed by atoms with Crippen molar-refractivity contribution in [3.63, 3.8) is 0 Å². The van der Waals surface area contributed by atoms with Crippen LogP contribution >= 0.6 is 22.6 Å². The number of rotatable bonds is 0. The number of nitrogens with two attached hydrogens (primary N) is 1. The Kier molecular flexibility index (Phi) is 2.13. The van der Waals surface area contributed by atoms with Crippen molar-refractivity contribution >= 4 is 28.3 Å². The lowest BCUT2D eigenvalue weighted by molar-refractivity contribution is 0.619. The van der Waals surface area contributed by atoms with Crippen molar-refractivity contribution in [3.05, 3.63) is 27.1 Å². The molecule has 0 unspecified atom stereocenters. The molecule has 0 saturated carbocycles. The van der Waals surface area contributed by atoms with Crippen LogP contribution in [0.4, 0.5) is 10.1 Å². The molecule has 0 heterocycles. The molecule has 54 valence electrons. The third kappa shape index (κ3) is 1.39. The number of anilines is 1. The van der Waals surface area contributed by atoms with E-state index in [9.17, 15) is 4.39 Å². The van der Waals surface area contributed by atoms with E-state index in [1.165, 1.54) is 6.07 Å². The van der Waals surface area contributed by atoms with Gasteiger partial charge in [0.1, 0.15) is 5.82 Å². The molecule has 10 heavy (non-hydrogen) atoms. The minimum Gasteiger partial charge on any atom is -0.399 e. The zero-order chi connectivity index (χ0) is 7.72. The van der Waals surface area contributed by atoms with Gasteiger partial charge in [0.15, 0.2) is 0 Å². The van der Waals surface area contributed by atoms with Crippen LogP contribution in [-0.4, -0.2) is 0 Å². The molecule has 0 radical (unpaired) electrons. The van der Waals surface area contributed by atoms with Gasteiger partial charge in [-0.2, -0.15) is 0 Å². The second-order valence-electron chi connectivity index (χ2n) is 2.13. The number of hydrogen-bond acceptors (Lipinski definition) is 1. The molecule has 0 saturated heterocycles. The summed E-state index contributed by atoms with van der Waals surface area (Å²) in [6.07, 6.45) is 0. The molecule has 0 atom stereocenters. The van der Waals surface area contributed by atoms with Crippen LogP contribution in [-0.2, 0) is 0 Å². The second-order valence-corrected chi connectivity index (χ2v) is 3.21. The maximum Gasteiger partial charge on any atom is 0.138 e. The molecule has 0 aromatic heterocycles. The van der Waals surface area contributed by atoms with Crippen LogP contribution in [0, 0.1) is 16.3 Å². The van der Waals surface area contributed by atoms with Gasteiger partial charge in [-0.15, -0.1) is 0 Å². The van der Waals surface area contributed by atoms with Crippen LogP contribution in [0.1, 0.15) is 5.56 Å². The Morgan fingerprint density at radius 3 is 2.60 bits per heavy atom. The van der Waals surface area contributed by atoms with Gasteiger partial charge in [-0.1, -0.05) is 0 Å². The van der Waals surface area contributed by atoms with Gasteiger partial charge in [0.2, 0.25) is 0 Å². The number of hydrogen-bond donors (Lipinski definition) is 1. The van der Waals surface area contributed by atoms with E-state index in [0.717, 1.165) is 5.56 Å². The molecule has 0 amide bonds. The maximum absolute atomic E-state index is 12.8. The summed E-state index contributed by atoms with van der Waals surface area (Å²) in [4.78, 5) is 0. The third-order valence-electron chi connectivity index (χ3n) is 1.23. The Bertz CT molecular complexity index is 237. The first-order chi connectivity index (χ1) is 4.61. The lowest BCUT2D eigenvalue weighted by Gasteiger charge is -2.00. The van der Waals surface area contributed by atoms with E-state index < -0.39 is 0 Å². The minimum absolute atomic E-state index is 0.238. The highest BCUT2D eigenvalue weighted by Crippen LogP contribution is 2.18. The van der Waals surface area contributed by atoms with Crippen LogP contribution in [0.15, 0.2) is 12.1 Å². The first-order valence-electron chi connectivity index (χ1n) is 2.82. The smallest absolute Gasteiger partial charge is 0.138 e. The molecule has 0 spiro atoms. The van der Waals surface area contributed by atoms with Gasteiger partial charge < -0.3 is 5.73 Å². The number of aryl methyl sites for hydroxylation is 1. The van der Waals surface area contributed by atoms with Crippen molar-refractivity contribution in [3.8, 4) is 0 Å². The quantitative estimate of drug-likeness (QED) is 0.555. The molecule has 1 rings (SSSR count). The zero-order valence-electron chi connectivity index (χ0n) is 5.49. The van der Waals surface area contributed by atoms with Crippen molar-refractivity contribution in [1.29, 1.82) is 0 Å². The average molecular weight is 251 g/mol. The van der Waals surface area contributed by atoms with Crippen molar-refractivity contribution < 1.29 is 4.39 Å². The van der Waals surface area contributed by atoms with Gasteiger partial charge in [0.25, 0.3) is 0 Å². The molecule has 1 aromatic carbocycles. The lowest BCUT2D eigenvalue weighted by Crippen LogP contribution is -1.91. The van der Waals surface area contributed by atoms with Crippen molar-refractivity contribution in [1.82, 2.24) is 0 Å². The summed E-state index contributed by atoms with van der Waals surface area (Å²) in [6, 6.07) is 3.08. The number of nitrogen functional groups attached to an aromatic ring is 1. The molecular weight excluding hydrogens is 244 g/mol. The predicted octanol–water partition coefficient (Wildman–Crippen LogP) is 2.32. The van der Waals surface area contributed by atoms with Gasteiger partial charge in [0, 0.05) is 5.69 Å². The van der Waals surface area contributed by atoms with E-state index in [1.807, 2.05) is 29.5 Å². The molecule has 0 aliphatic heterocycles. The van der Waals surface area contributed by atoms with Crippen LogP contribution in [0.2, 0.25) is 0 Å². The van der Waals surface area contributed by atoms with Gasteiger partial charge >= 0.3 is 0 Å². The van der Waals surface area contributed by atoms with E-state index in [4.69, 9.17) is 5.73 Å². The van der Waals surface area contributed by atoms with Gasteiger partial charge in [-0.3, -0.25) is 0 Å². The average Bonchev–Trinajstić information content (AvgIpc) is 1.82. The van der Waals surface area contributed by atoms with E-state index >= 15 is 0 Å². The summed E-state index contributed by atoms with van der Waals surface area (Å²) >= 11 is 1.95. The van der Waals surface area contributed by atoms with E-state index in [2.05, 4.69) is 0 Å². The summed E-state index contributed by atoms with van der Waals surface area (Å²) in [6.45, 7) is 1.83. The Morgan fingerprint density at radius 1 is 1.50 bits per heavy atom. The fourth-order valence-electron chi connectivity index (χ4n) is 0.753. The van der Waals surface area contributed by atoms with E-state index in [0.29, 0.717) is 9.26 Å². The molecule has 1 nitrogen and oxygen atoms in total. The van der Waals surface area contributed by atoms with Gasteiger partial charge in [-0.25, -0.2) is 4.39 Å². The van der Waals surface area contributed by atoms with E-state index in [-0.39, 0.29) is 5.82 Å². The third-order valence-corrected chi connectivity index (χ3v) is 2.60. The SMILES string of the molecule is Cc1cc(N)cc(F)c1I. The molecule has 1 aromatic rings. The topological polar surface area (TPSA) is 26.0 Å². The molecule has 2 N–H and O–H groups in total. The highest BCUT2D eigenvalue weighted by Gasteiger charge is 2.01. The van der Waals surface area contributed by atoms with Crippen LogP contribution < -0.4 is 5.73 Å². The van der Waals surface area contributed by atoms with E-state index in [1.54, 1.807) is 6.07 Å². The molecular formula is C7H7FIN. The Labute approximate surface area is 72.6 Å². The van der Waals surface area contributed by atoms with Crippen molar-refractivity contribution in [2.45, 2.75) is 6.92 Å². The highest BCUT2D eigenvalue weighted by molar-refractivity contribution is 14.1. The number of halogens is 2. The van der Waals surface area contributed by atoms with Crippen LogP contribution in [0.5, 0.6) is 0 Å². The molecule has 0 fully saturated rings. The van der Waals surface area contributed by atoms with Crippen LogP contribution in [0.3, 0.4) is 0 Å². The summed E-state index contributed by atoms with van der Waals surface area (Å²) in [5.41, 5.74) is 6.75. The highest BCUT2D eigenvalue weighted by atomic mass is 127. The fourth-order valence-corrected chi connectivity index (χ4v) is 1.06. The first kappa shape index (κ1) is 7.78. The maximum atomic E-state index is 12.8. The Hall–Kier alpha value is -0.320. The zero-order valence-corrected chi connectivity index (χ0v) is 7.65. The number of benzene rings is 1. The second kappa shape index (κ2) is 2.74. The largest absolute Gasteiger partial charge is 0.399 e. The van der Waals surface area contributed by atoms with Crippen molar-refractivity contribution in [2.75, 3.05) is 5.73 Å². The Balaban J connectivity index is 3.31. The van der Waals surface area contributed by atoms with Gasteiger partial charge in [-0.05, 0) is 47.2 Å². The Morgan fingerprint density at radius 2 is 2.10 bits per heavy atom. The fraction of sp³-hybridized carbons (Fsp3) is 0.143. The molecule has 0 bridgehead atoms. The molecule has 0 aliphatic rings. The lowest BCUT2D eigenvalue weighted by atomic mass is 10.2. The van der Waals surface area contributed by atoms with Crippen molar-refractivity contribution in [2.24, 2.45) is 0 Å². The van der Waals surface area contributed by atoms with Gasteiger partial charge in [0.05, 0.1) is 3.57 Å². The first-order valence-corrected chi connectivity index (χ1v) is 3.90. The standard InChI is InChI=1S/C7H7FIN/c1-4-2-5(10)3-6(8)7(4)9/h2-3H,10H2,1H3. The molecule has 0 aliphatic carbocycles. The normalized spacial score (nSPS) is 9.90. The summed E-state index contributed by atoms with van der Waals surface area (Å²) in [5, 5.41) is 0. The minimum atomic E-state index is -0.238. The predicted molar refractivity (Wildman–Crippen MR) is 48.3 cm³/mol. The monoisotopic (exact) mass is 251 g/mol. The van der Waals surface area contributed by atoms with Crippen LogP contribution in [0.25, 0.3) is 0 Å². The summed E-state index contributed by atoms with van der Waals surface area (Å²) < 4.78 is 13.4. The summed E-state index contributed by atoms with van der Waals surface area (Å²) in [5.74, 6) is -0.238. The molecule has 3 heteroatoms.